The molecule has 1 N–H and O–H groups in total. The highest BCUT2D eigenvalue weighted by atomic mass is 16.5. The number of carbonyl (C=O) groups excluding carboxylic acids is 1. The van der Waals surface area contributed by atoms with Gasteiger partial charge in [-0.25, -0.2) is 0 Å². The number of hydrogen-bond donors (Lipinski definition) is 1. The van der Waals surface area contributed by atoms with Gasteiger partial charge >= 0.3 is 5.97 Å². The standard InChI is InChI=1S/C19H25NO5/c1-13(19(22)23)11-20(15-6-7-15)18(21)14-4-8-16(9-5-14)25-12-17-3-2-10-24-17/h4-5,8-9,13,15,17H,2-3,6-7,10-12H2,1H3,(H,22,23). The summed E-state index contributed by atoms with van der Waals surface area (Å²) in [5, 5.41) is 9.11. The quantitative estimate of drug-likeness (QED) is 0.782. The van der Waals surface area contributed by atoms with Gasteiger partial charge in [0, 0.05) is 24.8 Å². The molecular weight excluding hydrogens is 322 g/mol. The SMILES string of the molecule is CC(CN(C(=O)c1ccc(OCC2CCCO2)cc1)C1CC1)C(=O)O. The predicted octanol–water partition coefficient (Wildman–Crippen LogP) is 2.57. The third kappa shape index (κ3) is 4.72. The Morgan fingerprint density at radius 3 is 2.56 bits per heavy atom. The fraction of sp³-hybridized carbons (Fsp3) is 0.579. The largest absolute Gasteiger partial charge is 0.491 e. The summed E-state index contributed by atoms with van der Waals surface area (Å²) in [6.45, 7) is 3.20. The van der Waals surface area contributed by atoms with E-state index in [1.807, 2.05) is 0 Å². The molecule has 6 heteroatoms. The number of ether oxygens (including phenoxy) is 2. The first-order chi connectivity index (χ1) is 12.0. The lowest BCUT2D eigenvalue weighted by Gasteiger charge is -2.24. The molecule has 1 aliphatic carbocycles. The predicted molar refractivity (Wildman–Crippen MR) is 91.8 cm³/mol. The Kier molecular flexibility index (Phi) is 5.58. The summed E-state index contributed by atoms with van der Waals surface area (Å²) < 4.78 is 11.2. The summed E-state index contributed by atoms with van der Waals surface area (Å²) in [6.07, 6.45) is 4.15. The molecule has 1 aromatic rings. The van der Waals surface area contributed by atoms with Gasteiger partial charge in [0.25, 0.3) is 5.91 Å². The first-order valence-corrected chi connectivity index (χ1v) is 8.93. The first-order valence-electron chi connectivity index (χ1n) is 8.93. The van der Waals surface area contributed by atoms with Crippen LogP contribution in [0.15, 0.2) is 24.3 Å². The Balaban J connectivity index is 1.59. The third-order valence-electron chi connectivity index (χ3n) is 4.70. The molecule has 2 fully saturated rings. The number of rotatable bonds is 8. The smallest absolute Gasteiger partial charge is 0.308 e. The summed E-state index contributed by atoms with van der Waals surface area (Å²) in [6, 6.07) is 7.23. The second kappa shape index (κ2) is 7.87. The zero-order valence-corrected chi connectivity index (χ0v) is 14.5. The number of amides is 1. The van der Waals surface area contributed by atoms with Crippen LogP contribution in [0.1, 0.15) is 43.0 Å². The second-order valence-electron chi connectivity index (χ2n) is 6.90. The lowest BCUT2D eigenvalue weighted by molar-refractivity contribution is -0.141. The molecule has 2 aliphatic rings. The van der Waals surface area contributed by atoms with Crippen molar-refractivity contribution in [3.63, 3.8) is 0 Å². The molecule has 136 valence electrons. The van der Waals surface area contributed by atoms with Crippen LogP contribution >= 0.6 is 0 Å². The summed E-state index contributed by atoms with van der Waals surface area (Å²) in [4.78, 5) is 25.5. The molecule has 1 aromatic carbocycles. The van der Waals surface area contributed by atoms with Crippen molar-refractivity contribution in [2.24, 2.45) is 5.92 Å². The van der Waals surface area contributed by atoms with E-state index >= 15 is 0 Å². The van der Waals surface area contributed by atoms with E-state index in [2.05, 4.69) is 0 Å². The van der Waals surface area contributed by atoms with Gasteiger partial charge in [0.1, 0.15) is 12.4 Å². The molecule has 3 rings (SSSR count). The fourth-order valence-corrected chi connectivity index (χ4v) is 2.98. The van der Waals surface area contributed by atoms with Crippen LogP contribution in [-0.4, -0.2) is 53.8 Å². The van der Waals surface area contributed by atoms with Gasteiger partial charge in [0.2, 0.25) is 0 Å². The highest BCUT2D eigenvalue weighted by Gasteiger charge is 2.34. The number of nitrogens with zero attached hydrogens (tertiary/aromatic N) is 1. The van der Waals surface area contributed by atoms with E-state index in [4.69, 9.17) is 14.6 Å². The average molecular weight is 347 g/mol. The first kappa shape index (κ1) is 17.7. The van der Waals surface area contributed by atoms with Crippen LogP contribution in [0.3, 0.4) is 0 Å². The Morgan fingerprint density at radius 2 is 2.00 bits per heavy atom. The lowest BCUT2D eigenvalue weighted by atomic mass is 10.1. The number of benzene rings is 1. The van der Waals surface area contributed by atoms with Crippen LogP contribution in [0.5, 0.6) is 5.75 Å². The van der Waals surface area contributed by atoms with Crippen LogP contribution in [0.2, 0.25) is 0 Å². The fourth-order valence-electron chi connectivity index (χ4n) is 2.98. The molecule has 0 bridgehead atoms. The molecule has 1 amide bonds. The third-order valence-corrected chi connectivity index (χ3v) is 4.70. The van der Waals surface area contributed by atoms with Crippen LogP contribution in [0.25, 0.3) is 0 Å². The highest BCUT2D eigenvalue weighted by Crippen LogP contribution is 2.29. The van der Waals surface area contributed by atoms with Gasteiger partial charge in [-0.3, -0.25) is 9.59 Å². The highest BCUT2D eigenvalue weighted by molar-refractivity contribution is 5.95. The Hall–Kier alpha value is -2.08. The molecule has 1 saturated carbocycles. The zero-order valence-electron chi connectivity index (χ0n) is 14.5. The van der Waals surface area contributed by atoms with E-state index < -0.39 is 11.9 Å². The van der Waals surface area contributed by atoms with Crippen molar-refractivity contribution in [1.82, 2.24) is 4.90 Å². The van der Waals surface area contributed by atoms with Gasteiger partial charge in [0.15, 0.2) is 0 Å². The molecule has 1 saturated heterocycles. The van der Waals surface area contributed by atoms with Gasteiger partial charge in [0.05, 0.1) is 12.0 Å². The maximum Gasteiger partial charge on any atom is 0.308 e. The van der Waals surface area contributed by atoms with E-state index in [1.54, 1.807) is 36.1 Å². The molecule has 0 spiro atoms. The molecule has 2 atom stereocenters. The molecule has 2 unspecified atom stereocenters. The van der Waals surface area contributed by atoms with Crippen molar-refractivity contribution in [2.75, 3.05) is 19.8 Å². The summed E-state index contributed by atoms with van der Waals surface area (Å²) in [5.74, 6) is -0.847. The molecule has 1 heterocycles. The molecule has 1 aliphatic heterocycles. The molecular formula is C19H25NO5. The van der Waals surface area contributed by atoms with Crippen molar-refractivity contribution < 1.29 is 24.2 Å². The van der Waals surface area contributed by atoms with Crippen LogP contribution in [0.4, 0.5) is 0 Å². The minimum atomic E-state index is -0.878. The van der Waals surface area contributed by atoms with Gasteiger partial charge in [-0.1, -0.05) is 6.92 Å². The minimum absolute atomic E-state index is 0.110. The van der Waals surface area contributed by atoms with Crippen LogP contribution in [0, 0.1) is 5.92 Å². The number of hydrogen-bond acceptors (Lipinski definition) is 4. The maximum absolute atomic E-state index is 12.7. The van der Waals surface area contributed by atoms with E-state index in [0.29, 0.717) is 17.9 Å². The van der Waals surface area contributed by atoms with Crippen molar-refractivity contribution in [1.29, 1.82) is 0 Å². The van der Waals surface area contributed by atoms with Gasteiger partial charge in [-0.15, -0.1) is 0 Å². The number of aliphatic carboxylic acids is 1. The molecule has 0 aromatic heterocycles. The average Bonchev–Trinajstić information content (AvgIpc) is 3.32. The number of carboxylic acid groups (broad SMARTS) is 1. The Morgan fingerprint density at radius 1 is 1.28 bits per heavy atom. The maximum atomic E-state index is 12.7. The van der Waals surface area contributed by atoms with Crippen LogP contribution in [-0.2, 0) is 9.53 Å². The molecule has 25 heavy (non-hydrogen) atoms. The van der Waals surface area contributed by atoms with Crippen molar-refractivity contribution in [2.45, 2.75) is 44.8 Å². The normalized spacial score (nSPS) is 20.9. The van der Waals surface area contributed by atoms with Gasteiger partial charge < -0.3 is 19.5 Å². The monoisotopic (exact) mass is 347 g/mol. The van der Waals surface area contributed by atoms with Crippen molar-refractivity contribution >= 4 is 11.9 Å². The zero-order chi connectivity index (χ0) is 17.8. The number of carboxylic acids is 1. The summed E-state index contributed by atoms with van der Waals surface area (Å²) in [5.41, 5.74) is 0.564. The molecule has 0 radical (unpaired) electrons. The summed E-state index contributed by atoms with van der Waals surface area (Å²) in [7, 11) is 0. The van der Waals surface area contributed by atoms with E-state index in [1.165, 1.54) is 0 Å². The topological polar surface area (TPSA) is 76.1 Å². The van der Waals surface area contributed by atoms with Crippen molar-refractivity contribution in [3.05, 3.63) is 29.8 Å². The molecule has 6 nitrogen and oxygen atoms in total. The van der Waals surface area contributed by atoms with Crippen LogP contribution < -0.4 is 4.74 Å². The lowest BCUT2D eigenvalue weighted by Crippen LogP contribution is -2.38. The number of carbonyl (C=O) groups is 2. The van der Waals surface area contributed by atoms with Gasteiger partial charge in [-0.05, 0) is 49.9 Å². The Labute approximate surface area is 147 Å². The second-order valence-corrected chi connectivity index (χ2v) is 6.90. The van der Waals surface area contributed by atoms with E-state index in [9.17, 15) is 9.59 Å². The Bertz CT molecular complexity index is 605. The van der Waals surface area contributed by atoms with Crippen molar-refractivity contribution in [3.8, 4) is 5.75 Å². The summed E-state index contributed by atoms with van der Waals surface area (Å²) >= 11 is 0. The van der Waals surface area contributed by atoms with E-state index in [0.717, 1.165) is 32.3 Å². The van der Waals surface area contributed by atoms with E-state index in [-0.39, 0.29) is 24.6 Å². The van der Waals surface area contributed by atoms with Gasteiger partial charge in [-0.2, -0.15) is 0 Å². The minimum Gasteiger partial charge on any atom is -0.491 e.